The van der Waals surface area contributed by atoms with E-state index in [1.165, 1.54) is 38.6 Å². The molecular weight excluding hydrogens is 408 g/mol. The average Bonchev–Trinajstić information content (AvgIpc) is 3.22. The molecule has 31 heavy (non-hydrogen) atoms. The second-order valence-corrected chi connectivity index (χ2v) is 8.01. The summed E-state index contributed by atoms with van der Waals surface area (Å²) in [5.74, 6) is -0.324. The van der Waals surface area contributed by atoms with E-state index in [-0.39, 0.29) is 17.9 Å². The number of rotatable bonds is 4. The number of nitrogens with zero attached hydrogens (tertiary/aromatic N) is 4. The van der Waals surface area contributed by atoms with Gasteiger partial charge in [-0.15, -0.1) is 11.3 Å². The Morgan fingerprint density at radius 2 is 1.74 bits per heavy atom. The van der Waals surface area contributed by atoms with Crippen molar-refractivity contribution in [1.29, 1.82) is 0 Å². The Morgan fingerprint density at radius 3 is 2.65 bits per heavy atom. The van der Waals surface area contributed by atoms with Gasteiger partial charge >= 0.3 is 0 Å². The third kappa shape index (κ3) is 3.83. The number of para-hydroxylation sites is 1. The van der Waals surface area contributed by atoms with Gasteiger partial charge in [-0.25, -0.2) is 0 Å². The predicted molar refractivity (Wildman–Crippen MR) is 122 cm³/mol. The van der Waals surface area contributed by atoms with E-state index in [4.69, 9.17) is 0 Å². The van der Waals surface area contributed by atoms with E-state index in [0.29, 0.717) is 22.2 Å². The Hall–Kier alpha value is -3.84. The molecule has 1 amide bonds. The molecular formula is C24H18N4O2S. The van der Waals surface area contributed by atoms with Crippen molar-refractivity contribution in [2.45, 2.75) is 13.1 Å². The summed E-state index contributed by atoms with van der Waals surface area (Å²) in [6.07, 6.45) is 3.17. The highest BCUT2D eigenvalue weighted by molar-refractivity contribution is 7.07. The molecule has 5 rings (SSSR count). The Bertz CT molecular complexity index is 1540. The van der Waals surface area contributed by atoms with Gasteiger partial charge in [0.15, 0.2) is 4.80 Å². The fourth-order valence-electron chi connectivity index (χ4n) is 3.68. The molecule has 0 radical (unpaired) electrons. The third-order valence-corrected chi connectivity index (χ3v) is 5.94. The van der Waals surface area contributed by atoms with Crippen molar-refractivity contribution in [3.8, 4) is 0 Å². The molecule has 0 N–H and O–H groups in total. The lowest BCUT2D eigenvalue weighted by Crippen LogP contribution is -2.21. The molecule has 7 heteroatoms. The maximum atomic E-state index is 12.7. The van der Waals surface area contributed by atoms with Crippen molar-refractivity contribution in [3.05, 3.63) is 105 Å². The highest BCUT2D eigenvalue weighted by Gasteiger charge is 2.09. The lowest BCUT2D eigenvalue weighted by molar-refractivity contribution is -0.118. The minimum atomic E-state index is -0.324. The first-order valence-corrected chi connectivity index (χ1v) is 10.7. The summed E-state index contributed by atoms with van der Waals surface area (Å²) >= 11 is 1.41. The monoisotopic (exact) mass is 426 g/mol. The average molecular weight is 427 g/mol. The fraction of sp³-hybridized carbons (Fsp3) is 0.0833. The third-order valence-electron chi connectivity index (χ3n) is 5.15. The highest BCUT2D eigenvalue weighted by Crippen LogP contribution is 2.19. The van der Waals surface area contributed by atoms with Crippen LogP contribution in [0.2, 0.25) is 0 Å². The molecule has 0 unspecified atom stereocenters. The van der Waals surface area contributed by atoms with Crippen molar-refractivity contribution < 1.29 is 4.79 Å². The van der Waals surface area contributed by atoms with Crippen LogP contribution in [0.5, 0.6) is 0 Å². The summed E-state index contributed by atoms with van der Waals surface area (Å²) in [6, 6.07) is 21.6. The first kappa shape index (κ1) is 19.1. The van der Waals surface area contributed by atoms with Gasteiger partial charge in [0, 0.05) is 17.0 Å². The SMILES string of the molecule is O=C(Cn1ncc(=O)c2ccccc21)N=c1sccn1Cc1cccc2ccccc12. The van der Waals surface area contributed by atoms with Crippen LogP contribution in [0.15, 0.2) is 94.3 Å². The van der Waals surface area contributed by atoms with Gasteiger partial charge in [-0.3, -0.25) is 14.3 Å². The number of hydrogen-bond acceptors (Lipinski definition) is 4. The van der Waals surface area contributed by atoms with Gasteiger partial charge in [0.1, 0.15) is 6.54 Å². The summed E-state index contributed by atoms with van der Waals surface area (Å²) < 4.78 is 3.49. The highest BCUT2D eigenvalue weighted by atomic mass is 32.1. The Labute approximate surface area is 181 Å². The summed E-state index contributed by atoms with van der Waals surface area (Å²) in [5, 5.41) is 8.94. The van der Waals surface area contributed by atoms with E-state index in [1.807, 2.05) is 40.4 Å². The Morgan fingerprint density at radius 1 is 0.968 bits per heavy atom. The normalized spacial score (nSPS) is 11.9. The number of aromatic nitrogens is 3. The largest absolute Gasteiger partial charge is 0.319 e. The number of carbonyl (C=O) groups is 1. The molecule has 0 aliphatic carbocycles. The smallest absolute Gasteiger partial charge is 0.270 e. The molecule has 3 aromatic carbocycles. The number of amides is 1. The second-order valence-electron chi connectivity index (χ2n) is 7.14. The van der Waals surface area contributed by atoms with Crippen molar-refractivity contribution in [2.24, 2.45) is 4.99 Å². The molecule has 5 aromatic rings. The minimum absolute atomic E-state index is 0.0348. The van der Waals surface area contributed by atoms with Gasteiger partial charge in [0.05, 0.1) is 18.3 Å². The molecule has 0 saturated heterocycles. The molecule has 0 aliphatic heterocycles. The van der Waals surface area contributed by atoms with Gasteiger partial charge in [0.25, 0.3) is 5.91 Å². The van der Waals surface area contributed by atoms with Crippen LogP contribution < -0.4 is 10.2 Å². The van der Waals surface area contributed by atoms with Crippen LogP contribution in [0.3, 0.4) is 0 Å². The van der Waals surface area contributed by atoms with E-state index in [1.54, 1.807) is 18.2 Å². The van der Waals surface area contributed by atoms with Gasteiger partial charge in [-0.2, -0.15) is 10.1 Å². The quantitative estimate of drug-likeness (QED) is 0.441. The molecule has 2 heterocycles. The minimum Gasteiger partial charge on any atom is -0.319 e. The van der Waals surface area contributed by atoms with E-state index >= 15 is 0 Å². The second kappa shape index (κ2) is 8.12. The number of benzene rings is 3. The van der Waals surface area contributed by atoms with Crippen molar-refractivity contribution >= 4 is 38.9 Å². The molecule has 0 saturated carbocycles. The first-order valence-electron chi connectivity index (χ1n) is 9.82. The van der Waals surface area contributed by atoms with Crippen LogP contribution >= 0.6 is 11.3 Å². The van der Waals surface area contributed by atoms with Gasteiger partial charge in [0.2, 0.25) is 5.43 Å². The molecule has 0 spiro atoms. The number of carbonyl (C=O) groups excluding carboxylic acids is 1. The lowest BCUT2D eigenvalue weighted by atomic mass is 10.0. The van der Waals surface area contributed by atoms with Gasteiger partial charge < -0.3 is 4.57 Å². The zero-order chi connectivity index (χ0) is 21.2. The molecule has 0 atom stereocenters. The van der Waals surface area contributed by atoms with Crippen LogP contribution in [0, 0.1) is 0 Å². The van der Waals surface area contributed by atoms with Gasteiger partial charge in [-0.05, 0) is 28.5 Å². The maximum Gasteiger partial charge on any atom is 0.270 e. The van der Waals surface area contributed by atoms with Crippen LogP contribution in [0.25, 0.3) is 21.7 Å². The zero-order valence-corrected chi connectivity index (χ0v) is 17.3. The number of hydrogen-bond donors (Lipinski definition) is 0. The zero-order valence-electron chi connectivity index (χ0n) is 16.5. The molecule has 2 aromatic heterocycles. The van der Waals surface area contributed by atoms with Crippen molar-refractivity contribution in [3.63, 3.8) is 0 Å². The Balaban J connectivity index is 1.45. The number of fused-ring (bicyclic) bond motifs is 2. The van der Waals surface area contributed by atoms with Crippen LogP contribution in [-0.4, -0.2) is 20.3 Å². The van der Waals surface area contributed by atoms with Crippen LogP contribution in [0.4, 0.5) is 0 Å². The first-order chi connectivity index (χ1) is 15.2. The topological polar surface area (TPSA) is 69.2 Å². The maximum absolute atomic E-state index is 12.7. The number of thiazole rings is 1. The van der Waals surface area contributed by atoms with E-state index < -0.39 is 0 Å². The summed E-state index contributed by atoms with van der Waals surface area (Å²) in [7, 11) is 0. The van der Waals surface area contributed by atoms with E-state index in [9.17, 15) is 9.59 Å². The molecule has 0 fully saturated rings. The van der Waals surface area contributed by atoms with Crippen molar-refractivity contribution in [1.82, 2.24) is 14.3 Å². The standard InChI is InChI=1S/C24H18N4O2S/c29-22-14-25-28(21-11-4-3-10-20(21)22)16-23(30)26-24-27(12-13-31-24)15-18-8-5-7-17-6-1-2-9-19(17)18/h1-14H,15-16H2. The van der Waals surface area contributed by atoms with Crippen LogP contribution in [0.1, 0.15) is 5.56 Å². The Kier molecular flexibility index (Phi) is 5.01. The summed E-state index contributed by atoms with van der Waals surface area (Å²) in [6.45, 7) is 0.586. The van der Waals surface area contributed by atoms with E-state index in [0.717, 1.165) is 0 Å². The molecule has 152 valence electrons. The fourth-order valence-corrected chi connectivity index (χ4v) is 4.42. The summed E-state index contributed by atoms with van der Waals surface area (Å²) in [5.41, 5.74) is 1.62. The molecule has 0 aliphatic rings. The van der Waals surface area contributed by atoms with Crippen molar-refractivity contribution in [2.75, 3.05) is 0 Å². The molecule has 0 bridgehead atoms. The van der Waals surface area contributed by atoms with Crippen LogP contribution in [-0.2, 0) is 17.9 Å². The summed E-state index contributed by atoms with van der Waals surface area (Å²) in [4.78, 5) is 29.7. The van der Waals surface area contributed by atoms with E-state index in [2.05, 4.69) is 34.4 Å². The predicted octanol–water partition coefficient (Wildman–Crippen LogP) is 3.59. The van der Waals surface area contributed by atoms with Gasteiger partial charge in [-0.1, -0.05) is 54.6 Å². The molecule has 6 nitrogen and oxygen atoms in total. The lowest BCUT2D eigenvalue weighted by Gasteiger charge is -2.08.